The largest absolute Gasteiger partial charge is 0.468 e. The fourth-order valence-electron chi connectivity index (χ4n) is 2.22. The molecule has 3 aromatic rings. The predicted molar refractivity (Wildman–Crippen MR) is 85.8 cm³/mol. The Balaban J connectivity index is 1.94. The van der Waals surface area contributed by atoms with Crippen molar-refractivity contribution in [1.29, 1.82) is 0 Å². The summed E-state index contributed by atoms with van der Waals surface area (Å²) in [5, 5.41) is 0. The molecule has 0 aliphatic carbocycles. The normalized spacial score (nSPS) is 11.7. The van der Waals surface area contributed by atoms with Crippen LogP contribution >= 0.6 is 0 Å². The molecule has 2 aromatic heterocycles. The molecule has 0 fully saturated rings. The van der Waals surface area contributed by atoms with Crippen LogP contribution in [0.4, 0.5) is 0 Å². The number of furan rings is 1. The SMILES string of the molecule is O=S(=O)(c1ccccc1)N(Cc1ccccn1)Cc1ccco1. The lowest BCUT2D eigenvalue weighted by molar-refractivity contribution is 0.355. The first-order valence-electron chi connectivity index (χ1n) is 7.14. The molecule has 6 heteroatoms. The standard InChI is InChI=1S/C17H16N2O3S/c20-23(21,17-9-2-1-3-10-17)19(14-16-8-6-12-22-16)13-15-7-4-5-11-18-15/h1-12H,13-14H2. The van der Waals surface area contributed by atoms with E-state index in [1.807, 2.05) is 6.07 Å². The van der Waals surface area contributed by atoms with E-state index in [1.165, 1.54) is 10.6 Å². The lowest BCUT2D eigenvalue weighted by Gasteiger charge is -2.21. The zero-order valence-electron chi connectivity index (χ0n) is 12.4. The van der Waals surface area contributed by atoms with Gasteiger partial charge in [0.1, 0.15) is 5.76 Å². The van der Waals surface area contributed by atoms with Crippen LogP contribution in [-0.2, 0) is 23.1 Å². The molecule has 118 valence electrons. The van der Waals surface area contributed by atoms with E-state index in [-0.39, 0.29) is 18.0 Å². The number of nitrogens with zero attached hydrogens (tertiary/aromatic N) is 2. The van der Waals surface area contributed by atoms with Crippen molar-refractivity contribution in [3.8, 4) is 0 Å². The van der Waals surface area contributed by atoms with Crippen LogP contribution in [0, 0.1) is 0 Å². The molecule has 0 saturated carbocycles. The highest BCUT2D eigenvalue weighted by atomic mass is 32.2. The Bertz CT molecular complexity index is 832. The Morgan fingerprint density at radius 2 is 1.70 bits per heavy atom. The molecular formula is C17H16N2O3S. The first-order valence-corrected chi connectivity index (χ1v) is 8.58. The molecule has 0 atom stereocenters. The van der Waals surface area contributed by atoms with Crippen molar-refractivity contribution >= 4 is 10.0 Å². The van der Waals surface area contributed by atoms with Gasteiger partial charge in [-0.1, -0.05) is 24.3 Å². The molecule has 0 saturated heterocycles. The predicted octanol–water partition coefficient (Wildman–Crippen LogP) is 3.07. The van der Waals surface area contributed by atoms with Crippen LogP contribution in [0.1, 0.15) is 11.5 Å². The summed E-state index contributed by atoms with van der Waals surface area (Å²) in [7, 11) is -3.64. The van der Waals surface area contributed by atoms with E-state index in [9.17, 15) is 8.42 Å². The summed E-state index contributed by atoms with van der Waals surface area (Å²) in [6.07, 6.45) is 3.18. The minimum Gasteiger partial charge on any atom is -0.468 e. The third kappa shape index (κ3) is 3.67. The highest BCUT2D eigenvalue weighted by molar-refractivity contribution is 7.89. The van der Waals surface area contributed by atoms with Crippen LogP contribution in [0.3, 0.4) is 0 Å². The summed E-state index contributed by atoms with van der Waals surface area (Å²) in [5.41, 5.74) is 0.679. The maximum atomic E-state index is 12.9. The average Bonchev–Trinajstić information content (AvgIpc) is 3.09. The van der Waals surface area contributed by atoms with Crippen LogP contribution in [0.5, 0.6) is 0 Å². The Kier molecular flexibility index (Phi) is 4.55. The maximum Gasteiger partial charge on any atom is 0.243 e. The molecule has 23 heavy (non-hydrogen) atoms. The van der Waals surface area contributed by atoms with Gasteiger partial charge in [0, 0.05) is 6.20 Å². The van der Waals surface area contributed by atoms with Crippen molar-refractivity contribution in [3.63, 3.8) is 0 Å². The third-order valence-electron chi connectivity index (χ3n) is 3.36. The molecule has 0 radical (unpaired) electrons. The van der Waals surface area contributed by atoms with Gasteiger partial charge in [0.05, 0.1) is 29.9 Å². The van der Waals surface area contributed by atoms with E-state index < -0.39 is 10.0 Å². The van der Waals surface area contributed by atoms with Crippen molar-refractivity contribution in [2.75, 3.05) is 0 Å². The Hall–Kier alpha value is -2.44. The highest BCUT2D eigenvalue weighted by Gasteiger charge is 2.25. The zero-order valence-corrected chi connectivity index (χ0v) is 13.2. The molecule has 0 aliphatic heterocycles. The first-order chi connectivity index (χ1) is 11.2. The smallest absolute Gasteiger partial charge is 0.243 e. The number of sulfonamides is 1. The Morgan fingerprint density at radius 3 is 2.35 bits per heavy atom. The van der Waals surface area contributed by atoms with Gasteiger partial charge < -0.3 is 4.42 Å². The van der Waals surface area contributed by atoms with Gasteiger partial charge in [-0.15, -0.1) is 0 Å². The van der Waals surface area contributed by atoms with Gasteiger partial charge in [0.2, 0.25) is 10.0 Å². The maximum absolute atomic E-state index is 12.9. The number of pyridine rings is 1. The molecule has 0 unspecified atom stereocenters. The van der Waals surface area contributed by atoms with Crippen LogP contribution in [-0.4, -0.2) is 17.7 Å². The van der Waals surface area contributed by atoms with Crippen molar-refractivity contribution in [3.05, 3.63) is 84.6 Å². The molecule has 3 rings (SSSR count). The quantitative estimate of drug-likeness (QED) is 0.697. The van der Waals surface area contributed by atoms with Gasteiger partial charge in [0.15, 0.2) is 0 Å². The molecule has 0 aliphatic rings. The average molecular weight is 328 g/mol. The number of hydrogen-bond acceptors (Lipinski definition) is 4. The third-order valence-corrected chi connectivity index (χ3v) is 5.16. The molecule has 0 bridgehead atoms. The summed E-state index contributed by atoms with van der Waals surface area (Å²) in [4.78, 5) is 4.47. The monoisotopic (exact) mass is 328 g/mol. The van der Waals surface area contributed by atoms with Crippen molar-refractivity contribution in [1.82, 2.24) is 9.29 Å². The number of hydrogen-bond donors (Lipinski definition) is 0. The van der Waals surface area contributed by atoms with Crippen molar-refractivity contribution in [2.24, 2.45) is 0 Å². The lowest BCUT2D eigenvalue weighted by atomic mass is 10.3. The summed E-state index contributed by atoms with van der Waals surface area (Å²) < 4.78 is 32.5. The van der Waals surface area contributed by atoms with Crippen LogP contribution in [0.2, 0.25) is 0 Å². The minimum absolute atomic E-state index is 0.154. The van der Waals surface area contributed by atoms with Gasteiger partial charge in [-0.05, 0) is 36.4 Å². The Labute approximate surface area is 135 Å². The molecule has 0 spiro atoms. The molecule has 0 N–H and O–H groups in total. The molecule has 2 heterocycles. The van der Waals surface area contributed by atoms with E-state index in [4.69, 9.17) is 4.42 Å². The van der Waals surface area contributed by atoms with Crippen LogP contribution < -0.4 is 0 Å². The van der Waals surface area contributed by atoms with Gasteiger partial charge in [-0.2, -0.15) is 4.31 Å². The van der Waals surface area contributed by atoms with Crippen molar-refractivity contribution < 1.29 is 12.8 Å². The molecule has 5 nitrogen and oxygen atoms in total. The summed E-state index contributed by atoms with van der Waals surface area (Å²) in [5.74, 6) is 0.584. The van der Waals surface area contributed by atoms with E-state index >= 15 is 0 Å². The summed E-state index contributed by atoms with van der Waals surface area (Å²) >= 11 is 0. The molecular weight excluding hydrogens is 312 g/mol. The zero-order chi connectivity index (χ0) is 16.1. The fourth-order valence-corrected chi connectivity index (χ4v) is 3.61. The topological polar surface area (TPSA) is 63.4 Å². The molecule has 1 aromatic carbocycles. The summed E-state index contributed by atoms with van der Waals surface area (Å²) in [6, 6.07) is 17.3. The fraction of sp³-hybridized carbons (Fsp3) is 0.118. The van der Waals surface area contributed by atoms with Gasteiger partial charge >= 0.3 is 0 Å². The number of benzene rings is 1. The van der Waals surface area contributed by atoms with Crippen LogP contribution in [0.15, 0.2) is 82.4 Å². The van der Waals surface area contributed by atoms with Gasteiger partial charge in [-0.3, -0.25) is 4.98 Å². The summed E-state index contributed by atoms with van der Waals surface area (Å²) in [6.45, 7) is 0.333. The second-order valence-electron chi connectivity index (χ2n) is 4.99. The van der Waals surface area contributed by atoms with E-state index in [2.05, 4.69) is 4.98 Å². The van der Waals surface area contributed by atoms with Crippen LogP contribution in [0.25, 0.3) is 0 Å². The lowest BCUT2D eigenvalue weighted by Crippen LogP contribution is -2.30. The number of aromatic nitrogens is 1. The first kappa shape index (κ1) is 15.5. The van der Waals surface area contributed by atoms with E-state index in [1.54, 1.807) is 60.8 Å². The second-order valence-corrected chi connectivity index (χ2v) is 6.92. The van der Waals surface area contributed by atoms with E-state index in [0.29, 0.717) is 11.5 Å². The van der Waals surface area contributed by atoms with Crippen molar-refractivity contribution in [2.45, 2.75) is 18.0 Å². The highest BCUT2D eigenvalue weighted by Crippen LogP contribution is 2.20. The minimum atomic E-state index is -3.64. The van der Waals surface area contributed by atoms with Gasteiger partial charge in [-0.25, -0.2) is 8.42 Å². The molecule has 0 amide bonds. The Morgan fingerprint density at radius 1 is 0.913 bits per heavy atom. The second kappa shape index (κ2) is 6.76. The van der Waals surface area contributed by atoms with E-state index in [0.717, 1.165) is 0 Å². The number of rotatable bonds is 6. The van der Waals surface area contributed by atoms with Gasteiger partial charge in [0.25, 0.3) is 0 Å².